The fourth-order valence-corrected chi connectivity index (χ4v) is 0.942. The third-order valence-electron chi connectivity index (χ3n) is 1.52. The van der Waals surface area contributed by atoms with Gasteiger partial charge in [-0.2, -0.15) is 0 Å². The molecule has 0 aromatic heterocycles. The summed E-state index contributed by atoms with van der Waals surface area (Å²) in [5.41, 5.74) is 1.39. The lowest BCUT2D eigenvalue weighted by molar-refractivity contribution is -0.132. The van der Waals surface area contributed by atoms with E-state index in [2.05, 4.69) is 41.2 Å². The highest BCUT2D eigenvalue weighted by Crippen LogP contribution is 2.01. The van der Waals surface area contributed by atoms with Crippen molar-refractivity contribution in [3.05, 3.63) is 65.7 Å². The third kappa shape index (κ3) is 16.1. The molecule has 0 radical (unpaired) electrons. The molecule has 1 aromatic rings. The van der Waals surface area contributed by atoms with Gasteiger partial charge in [-0.15, -0.1) is 0 Å². The van der Waals surface area contributed by atoms with Gasteiger partial charge in [-0.3, -0.25) is 4.79 Å². The number of carbonyl (C=O) groups excluding carboxylic acids is 1. The Kier molecular flexibility index (Phi) is 14.4. The molecule has 0 aliphatic rings. The molecular weight excluding hydrogens is 308 g/mol. The van der Waals surface area contributed by atoms with E-state index in [9.17, 15) is 4.79 Å². The molecule has 0 fully saturated rings. The van der Waals surface area contributed by atoms with E-state index in [1.807, 2.05) is 29.3 Å². The molecule has 0 saturated carbocycles. The number of hydrogen-bond donors (Lipinski definition) is 1. The van der Waals surface area contributed by atoms with Crippen LogP contribution in [0.25, 0.3) is 6.08 Å². The smallest absolute Gasteiger partial charge is 0.330 e. The molecule has 0 spiro atoms. The van der Waals surface area contributed by atoms with Crippen molar-refractivity contribution in [2.45, 2.75) is 6.92 Å². The number of carboxylic acids is 1. The fraction of sp³-hybridized carbons (Fsp3) is 0.0667. The van der Waals surface area contributed by atoms with Crippen molar-refractivity contribution in [3.8, 4) is 0 Å². The van der Waals surface area contributed by atoms with Crippen LogP contribution >= 0.6 is 15.9 Å². The molecule has 0 aliphatic carbocycles. The molecule has 1 rings (SSSR count). The second-order valence-corrected chi connectivity index (χ2v) is 3.69. The van der Waals surface area contributed by atoms with Crippen molar-refractivity contribution in [2.24, 2.45) is 0 Å². The Morgan fingerprint density at radius 3 is 2.00 bits per heavy atom. The zero-order chi connectivity index (χ0) is 15.1. The number of aliphatic carboxylic acids is 1. The van der Waals surface area contributed by atoms with E-state index in [1.54, 1.807) is 0 Å². The second-order valence-electron chi connectivity index (χ2n) is 3.16. The van der Waals surface area contributed by atoms with Crippen molar-refractivity contribution >= 4 is 34.3 Å². The minimum atomic E-state index is -0.935. The summed E-state index contributed by atoms with van der Waals surface area (Å²) in [6, 6.07) is 10.1. The van der Waals surface area contributed by atoms with Gasteiger partial charge < -0.3 is 5.11 Å². The minimum Gasteiger partial charge on any atom is -0.478 e. The van der Waals surface area contributed by atoms with Crippen molar-refractivity contribution in [1.29, 1.82) is 0 Å². The number of rotatable bonds is 3. The van der Waals surface area contributed by atoms with E-state index in [0.717, 1.165) is 0 Å². The zero-order valence-electron chi connectivity index (χ0n) is 10.8. The zero-order valence-corrected chi connectivity index (χ0v) is 12.3. The maximum absolute atomic E-state index is 9.60. The summed E-state index contributed by atoms with van der Waals surface area (Å²) < 4.78 is 0. The molecule has 0 atom stereocenters. The third-order valence-corrected chi connectivity index (χ3v) is 1.78. The van der Waals surface area contributed by atoms with Crippen LogP contribution in [-0.2, 0) is 9.59 Å². The summed E-state index contributed by atoms with van der Waals surface area (Å²) in [4.78, 5) is 20.5. The molecule has 1 N–H and O–H groups in total. The molecule has 0 amide bonds. The quantitative estimate of drug-likeness (QED) is 0.673. The molecular formula is C15H17BrO3. The highest BCUT2D eigenvalue weighted by molar-refractivity contribution is 9.11. The highest BCUT2D eigenvalue weighted by atomic mass is 79.9. The largest absolute Gasteiger partial charge is 0.478 e. The van der Waals surface area contributed by atoms with Gasteiger partial charge >= 0.3 is 5.97 Å². The number of carbonyl (C=O) groups is 2. The number of allylic oxidation sites excluding steroid dienone is 1. The average molecular weight is 325 g/mol. The van der Waals surface area contributed by atoms with E-state index in [1.165, 1.54) is 18.6 Å². The molecule has 0 aliphatic heterocycles. The van der Waals surface area contributed by atoms with E-state index in [-0.39, 0.29) is 5.57 Å². The number of benzene rings is 1. The summed E-state index contributed by atoms with van der Waals surface area (Å²) in [6.45, 7) is 7.71. The number of aldehydes is 1. The van der Waals surface area contributed by atoms with Crippen molar-refractivity contribution in [3.63, 3.8) is 0 Å². The minimum absolute atomic E-state index is 0.176. The van der Waals surface area contributed by atoms with Crippen molar-refractivity contribution in [1.82, 2.24) is 0 Å². The summed E-state index contributed by atoms with van der Waals surface area (Å²) in [5.74, 6) is -0.935. The standard InChI is InChI=1S/C8H7Br.C4H6O2.C3H4O/c9-7-6-8-4-2-1-3-5-8;1-3(2)4(5)6;1-2-3-4/h1-7H;1H2,2H3,(H,5,6);2-3H,1H2. The Morgan fingerprint density at radius 1 is 1.32 bits per heavy atom. The van der Waals surface area contributed by atoms with Gasteiger partial charge in [-0.1, -0.05) is 59.4 Å². The fourth-order valence-electron chi connectivity index (χ4n) is 0.637. The van der Waals surface area contributed by atoms with Crippen LogP contribution in [-0.4, -0.2) is 17.4 Å². The maximum atomic E-state index is 9.60. The first-order valence-corrected chi connectivity index (χ1v) is 6.18. The van der Waals surface area contributed by atoms with Crippen LogP contribution in [0.2, 0.25) is 0 Å². The lowest BCUT2D eigenvalue weighted by Gasteiger charge is -1.86. The first kappa shape index (κ1) is 19.4. The first-order valence-electron chi connectivity index (χ1n) is 5.26. The molecule has 102 valence electrons. The van der Waals surface area contributed by atoms with Crippen LogP contribution < -0.4 is 0 Å². The summed E-state index contributed by atoms with van der Waals surface area (Å²) in [6.07, 6.45) is 3.83. The highest BCUT2D eigenvalue weighted by Gasteiger charge is 1.90. The van der Waals surface area contributed by atoms with Gasteiger partial charge in [0.15, 0.2) is 0 Å². The van der Waals surface area contributed by atoms with Gasteiger partial charge in [0.2, 0.25) is 0 Å². The predicted molar refractivity (Wildman–Crippen MR) is 83.1 cm³/mol. The number of halogens is 1. The van der Waals surface area contributed by atoms with E-state index in [4.69, 9.17) is 9.90 Å². The SMILES string of the molecule is BrC=Cc1ccccc1.C=C(C)C(=O)O.C=CC=O. The van der Waals surface area contributed by atoms with Crippen LogP contribution in [0.1, 0.15) is 12.5 Å². The predicted octanol–water partition coefficient (Wildman–Crippen LogP) is 4.07. The topological polar surface area (TPSA) is 54.4 Å². The van der Waals surface area contributed by atoms with Gasteiger partial charge in [0.05, 0.1) is 0 Å². The van der Waals surface area contributed by atoms with Crippen LogP contribution in [0, 0.1) is 0 Å². The molecule has 19 heavy (non-hydrogen) atoms. The summed E-state index contributed by atoms with van der Waals surface area (Å²) >= 11 is 3.21. The van der Waals surface area contributed by atoms with Crippen LogP contribution in [0.3, 0.4) is 0 Å². The summed E-state index contributed by atoms with van der Waals surface area (Å²) in [7, 11) is 0. The van der Waals surface area contributed by atoms with Gasteiger partial charge in [0.25, 0.3) is 0 Å². The van der Waals surface area contributed by atoms with Crippen LogP contribution in [0.15, 0.2) is 60.1 Å². The van der Waals surface area contributed by atoms with Crippen LogP contribution in [0.5, 0.6) is 0 Å². The van der Waals surface area contributed by atoms with Gasteiger partial charge in [0, 0.05) is 5.57 Å². The molecule has 0 bridgehead atoms. The Bertz CT molecular complexity index is 404. The van der Waals surface area contributed by atoms with E-state index < -0.39 is 5.97 Å². The van der Waals surface area contributed by atoms with Gasteiger partial charge in [-0.05, 0) is 29.6 Å². The Labute approximate surface area is 122 Å². The molecule has 3 nitrogen and oxygen atoms in total. The van der Waals surface area contributed by atoms with E-state index in [0.29, 0.717) is 6.29 Å². The molecule has 1 aromatic carbocycles. The maximum Gasteiger partial charge on any atom is 0.330 e. The normalized spacial score (nSPS) is 8.32. The molecule has 0 heterocycles. The average Bonchev–Trinajstić information content (AvgIpc) is 2.41. The Morgan fingerprint density at radius 2 is 1.74 bits per heavy atom. The molecule has 4 heteroatoms. The Balaban J connectivity index is 0. The lowest BCUT2D eigenvalue weighted by Crippen LogP contribution is -1.92. The van der Waals surface area contributed by atoms with Crippen LogP contribution in [0.4, 0.5) is 0 Å². The number of hydrogen-bond acceptors (Lipinski definition) is 2. The lowest BCUT2D eigenvalue weighted by atomic mass is 10.2. The molecule has 0 unspecified atom stereocenters. The Hall–Kier alpha value is -1.94. The second kappa shape index (κ2) is 14.1. The van der Waals surface area contributed by atoms with Gasteiger partial charge in [0.1, 0.15) is 6.29 Å². The van der Waals surface area contributed by atoms with Crippen molar-refractivity contribution < 1.29 is 14.7 Å². The van der Waals surface area contributed by atoms with E-state index >= 15 is 0 Å². The monoisotopic (exact) mass is 324 g/mol. The molecule has 0 saturated heterocycles. The first-order chi connectivity index (χ1) is 8.99. The van der Waals surface area contributed by atoms with Gasteiger partial charge in [-0.25, -0.2) is 4.79 Å². The summed E-state index contributed by atoms with van der Waals surface area (Å²) in [5, 5.41) is 7.89. The van der Waals surface area contributed by atoms with Crippen molar-refractivity contribution in [2.75, 3.05) is 0 Å². The number of carboxylic acid groups (broad SMARTS) is 1.